The van der Waals surface area contributed by atoms with E-state index in [-0.39, 0.29) is 34.9 Å². The van der Waals surface area contributed by atoms with Crippen LogP contribution in [-0.2, 0) is 4.79 Å². The first-order chi connectivity index (χ1) is 8.90. The molecule has 1 aromatic rings. The summed E-state index contributed by atoms with van der Waals surface area (Å²) in [6.07, 6.45) is 0. The van der Waals surface area contributed by atoms with Crippen LogP contribution in [0.3, 0.4) is 0 Å². The van der Waals surface area contributed by atoms with Crippen LogP contribution < -0.4 is 5.73 Å². The van der Waals surface area contributed by atoms with Crippen LogP contribution in [0, 0.1) is 17.7 Å². The number of rotatable bonds is 2. The van der Waals surface area contributed by atoms with E-state index in [1.165, 1.54) is 17.0 Å². The molecule has 2 N–H and O–H groups in total. The molecule has 1 saturated heterocycles. The number of hydrogen-bond acceptors (Lipinski definition) is 2. The molecule has 1 aromatic carbocycles. The van der Waals surface area contributed by atoms with Crippen molar-refractivity contribution < 1.29 is 14.0 Å². The third-order valence-corrected chi connectivity index (χ3v) is 3.74. The Morgan fingerprint density at radius 1 is 1.42 bits per heavy atom. The van der Waals surface area contributed by atoms with Crippen LogP contribution in [0.1, 0.15) is 17.3 Å². The number of primary amides is 1. The van der Waals surface area contributed by atoms with Gasteiger partial charge in [-0.25, -0.2) is 4.39 Å². The Kier molecular flexibility index (Phi) is 3.75. The van der Waals surface area contributed by atoms with Gasteiger partial charge in [-0.2, -0.15) is 0 Å². The molecule has 2 amide bonds. The zero-order valence-electron chi connectivity index (χ0n) is 10.4. The fraction of sp³-hybridized carbons (Fsp3) is 0.385. The average Bonchev–Trinajstić information content (AvgIpc) is 2.74. The van der Waals surface area contributed by atoms with Crippen molar-refractivity contribution in [2.75, 3.05) is 13.1 Å². The molecule has 2 atom stereocenters. The van der Waals surface area contributed by atoms with Crippen LogP contribution in [0.15, 0.2) is 18.2 Å². The standard InChI is InChI=1S/C13H14ClFN2O2/c1-7-5-17(6-9(7)12(16)18)13(19)8-2-3-10(14)11(15)4-8/h2-4,7,9H,5-6H2,1H3,(H2,16,18)/t7-,9-/m1/s1. The summed E-state index contributed by atoms with van der Waals surface area (Å²) in [6, 6.07) is 3.91. The molecule has 0 radical (unpaired) electrons. The van der Waals surface area contributed by atoms with Gasteiger partial charge in [-0.1, -0.05) is 18.5 Å². The summed E-state index contributed by atoms with van der Waals surface area (Å²) in [5.74, 6) is -1.69. The second-order valence-electron chi connectivity index (χ2n) is 4.83. The van der Waals surface area contributed by atoms with E-state index in [1.807, 2.05) is 6.92 Å². The fourth-order valence-corrected chi connectivity index (χ4v) is 2.43. The summed E-state index contributed by atoms with van der Waals surface area (Å²) in [5.41, 5.74) is 5.50. The third kappa shape index (κ3) is 2.71. The maximum Gasteiger partial charge on any atom is 0.253 e. The maximum atomic E-state index is 13.3. The van der Waals surface area contributed by atoms with E-state index >= 15 is 0 Å². The molecule has 0 aliphatic carbocycles. The van der Waals surface area contributed by atoms with Gasteiger partial charge in [0.25, 0.3) is 5.91 Å². The Balaban J connectivity index is 2.17. The topological polar surface area (TPSA) is 63.4 Å². The minimum atomic E-state index is -0.633. The molecule has 0 bridgehead atoms. The lowest BCUT2D eigenvalue weighted by molar-refractivity contribution is -0.122. The van der Waals surface area contributed by atoms with E-state index in [0.717, 1.165) is 6.07 Å². The van der Waals surface area contributed by atoms with E-state index in [1.54, 1.807) is 0 Å². The Hall–Kier alpha value is -1.62. The van der Waals surface area contributed by atoms with Gasteiger partial charge in [-0.15, -0.1) is 0 Å². The quantitative estimate of drug-likeness (QED) is 0.898. The highest BCUT2D eigenvalue weighted by molar-refractivity contribution is 6.30. The van der Waals surface area contributed by atoms with E-state index < -0.39 is 11.7 Å². The fourth-order valence-electron chi connectivity index (χ4n) is 2.31. The molecule has 1 aliphatic heterocycles. The number of halogens is 2. The van der Waals surface area contributed by atoms with Gasteiger partial charge in [0.15, 0.2) is 0 Å². The van der Waals surface area contributed by atoms with Crippen LogP contribution in [0.5, 0.6) is 0 Å². The van der Waals surface area contributed by atoms with Crippen molar-refractivity contribution >= 4 is 23.4 Å². The third-order valence-electron chi connectivity index (χ3n) is 3.43. The van der Waals surface area contributed by atoms with E-state index in [0.29, 0.717) is 6.54 Å². The van der Waals surface area contributed by atoms with Gasteiger partial charge in [0, 0.05) is 18.7 Å². The summed E-state index contributed by atoms with van der Waals surface area (Å²) >= 11 is 5.57. The second-order valence-corrected chi connectivity index (χ2v) is 5.23. The Morgan fingerprint density at radius 3 is 2.63 bits per heavy atom. The summed E-state index contributed by atoms with van der Waals surface area (Å²) in [6.45, 7) is 2.58. The summed E-state index contributed by atoms with van der Waals surface area (Å²) in [7, 11) is 0. The van der Waals surface area contributed by atoms with Gasteiger partial charge in [0.1, 0.15) is 5.82 Å². The summed E-state index contributed by atoms with van der Waals surface area (Å²) < 4.78 is 13.3. The van der Waals surface area contributed by atoms with Gasteiger partial charge in [0.2, 0.25) is 5.91 Å². The first kappa shape index (κ1) is 13.8. The van der Waals surface area contributed by atoms with E-state index in [9.17, 15) is 14.0 Å². The lowest BCUT2D eigenvalue weighted by Gasteiger charge is -2.16. The molecular formula is C13H14ClFN2O2. The number of nitrogens with two attached hydrogens (primary N) is 1. The Bertz CT molecular complexity index is 535. The molecule has 4 nitrogen and oxygen atoms in total. The highest BCUT2D eigenvalue weighted by atomic mass is 35.5. The maximum absolute atomic E-state index is 13.3. The second kappa shape index (κ2) is 5.17. The van der Waals surface area contributed by atoms with Crippen molar-refractivity contribution in [3.05, 3.63) is 34.6 Å². The molecule has 0 unspecified atom stereocenters. The van der Waals surface area contributed by atoms with Crippen LogP contribution in [0.4, 0.5) is 4.39 Å². The minimum absolute atomic E-state index is 0.0126. The molecule has 1 heterocycles. The van der Waals surface area contributed by atoms with Crippen LogP contribution in [0.2, 0.25) is 5.02 Å². The van der Waals surface area contributed by atoms with E-state index in [2.05, 4.69) is 0 Å². The van der Waals surface area contributed by atoms with Crippen molar-refractivity contribution in [1.82, 2.24) is 4.90 Å². The van der Waals surface area contributed by atoms with Crippen molar-refractivity contribution in [1.29, 1.82) is 0 Å². The van der Waals surface area contributed by atoms with Crippen molar-refractivity contribution in [3.8, 4) is 0 Å². The van der Waals surface area contributed by atoms with E-state index in [4.69, 9.17) is 17.3 Å². The van der Waals surface area contributed by atoms with Gasteiger partial charge < -0.3 is 10.6 Å². The predicted octanol–water partition coefficient (Wildman–Crippen LogP) is 1.67. The van der Waals surface area contributed by atoms with Gasteiger partial charge in [0.05, 0.1) is 10.9 Å². The highest BCUT2D eigenvalue weighted by Crippen LogP contribution is 2.25. The summed E-state index contributed by atoms with van der Waals surface area (Å²) in [5, 5.41) is -0.0265. The molecule has 0 spiro atoms. The molecule has 1 aliphatic rings. The molecule has 0 aromatic heterocycles. The molecule has 102 valence electrons. The molecule has 0 saturated carbocycles. The van der Waals surface area contributed by atoms with Crippen molar-refractivity contribution in [2.24, 2.45) is 17.6 Å². The number of nitrogens with zero attached hydrogens (tertiary/aromatic N) is 1. The number of carbonyl (C=O) groups is 2. The average molecular weight is 285 g/mol. The largest absolute Gasteiger partial charge is 0.369 e. The lowest BCUT2D eigenvalue weighted by atomic mass is 9.98. The molecule has 6 heteroatoms. The Morgan fingerprint density at radius 2 is 2.11 bits per heavy atom. The minimum Gasteiger partial charge on any atom is -0.369 e. The number of carbonyl (C=O) groups excluding carboxylic acids is 2. The molecule has 1 fully saturated rings. The first-order valence-electron chi connectivity index (χ1n) is 5.93. The highest BCUT2D eigenvalue weighted by Gasteiger charge is 2.36. The van der Waals surface area contributed by atoms with Crippen molar-refractivity contribution in [2.45, 2.75) is 6.92 Å². The number of benzene rings is 1. The predicted molar refractivity (Wildman–Crippen MR) is 69.2 cm³/mol. The zero-order chi connectivity index (χ0) is 14.2. The normalized spacial score (nSPS) is 22.6. The first-order valence-corrected chi connectivity index (χ1v) is 6.31. The Labute approximate surface area is 115 Å². The SMILES string of the molecule is C[C@@H]1CN(C(=O)c2ccc(Cl)c(F)c2)C[C@H]1C(N)=O. The monoisotopic (exact) mass is 284 g/mol. The summed E-state index contributed by atoms with van der Waals surface area (Å²) in [4.78, 5) is 24.9. The van der Waals surface area contributed by atoms with Crippen LogP contribution in [-0.4, -0.2) is 29.8 Å². The molecule has 2 rings (SSSR count). The molecule has 19 heavy (non-hydrogen) atoms. The van der Waals surface area contributed by atoms with Crippen molar-refractivity contribution in [3.63, 3.8) is 0 Å². The van der Waals surface area contributed by atoms with Gasteiger partial charge in [-0.3, -0.25) is 9.59 Å². The zero-order valence-corrected chi connectivity index (χ0v) is 11.2. The van der Waals surface area contributed by atoms with Crippen LogP contribution >= 0.6 is 11.6 Å². The van der Waals surface area contributed by atoms with Gasteiger partial charge in [-0.05, 0) is 24.1 Å². The lowest BCUT2D eigenvalue weighted by Crippen LogP contribution is -2.32. The van der Waals surface area contributed by atoms with Crippen LogP contribution in [0.25, 0.3) is 0 Å². The smallest absolute Gasteiger partial charge is 0.253 e. The van der Waals surface area contributed by atoms with Gasteiger partial charge >= 0.3 is 0 Å². The number of likely N-dealkylation sites (tertiary alicyclic amines) is 1. The number of hydrogen-bond donors (Lipinski definition) is 1. The number of amides is 2. The molecular weight excluding hydrogens is 271 g/mol.